The number of unbranched alkanes of at least 4 members (excludes halogenated alkanes) is 6. The molecule has 0 rings (SSSR count). The number of aliphatic hydroxyl groups is 1. The third kappa shape index (κ3) is 14.3. The van der Waals surface area contributed by atoms with Gasteiger partial charge in [0, 0.05) is 6.61 Å². The maximum atomic E-state index is 8.61. The zero-order chi connectivity index (χ0) is 11.9. The predicted molar refractivity (Wildman–Crippen MR) is 75.3 cm³/mol. The first-order valence-corrected chi connectivity index (χ1v) is 8.11. The first-order valence-electron chi connectivity index (χ1n) is 6.72. The minimum absolute atomic E-state index is 0.351. The van der Waals surface area contributed by atoms with Crippen molar-refractivity contribution in [2.45, 2.75) is 51.4 Å². The quantitative estimate of drug-likeness (QED) is 0.491. The average Bonchev–Trinajstić information content (AvgIpc) is 2.31. The van der Waals surface area contributed by atoms with Crippen molar-refractivity contribution < 1.29 is 5.11 Å². The summed E-state index contributed by atoms with van der Waals surface area (Å²) < 4.78 is 0. The molecule has 0 aliphatic rings. The van der Waals surface area contributed by atoms with Crippen LogP contribution in [0.15, 0.2) is 0 Å². The lowest BCUT2D eigenvalue weighted by Crippen LogP contribution is -2.16. The molecule has 0 amide bonds. The van der Waals surface area contributed by atoms with Crippen molar-refractivity contribution in [2.24, 2.45) is 0 Å². The first kappa shape index (κ1) is 16.3. The van der Waals surface area contributed by atoms with Gasteiger partial charge in [0.05, 0.1) is 0 Å². The van der Waals surface area contributed by atoms with Gasteiger partial charge >= 0.3 is 0 Å². The Morgan fingerprint density at radius 1 is 0.812 bits per heavy atom. The van der Waals surface area contributed by atoms with Gasteiger partial charge in [0.25, 0.3) is 0 Å². The van der Waals surface area contributed by atoms with E-state index in [9.17, 15) is 0 Å². The highest BCUT2D eigenvalue weighted by Gasteiger charge is 1.91. The molecule has 0 aliphatic carbocycles. The fourth-order valence-corrected chi connectivity index (χ4v) is 2.18. The number of nitrogens with one attached hydrogen (secondary N) is 1. The molecule has 0 aliphatic heterocycles. The lowest BCUT2D eigenvalue weighted by atomic mass is 10.2. The molecule has 0 unspecified atom stereocenters. The SMILES string of the molecule is CSCCCCCCNCCCCCCO. The number of hydrogen-bond acceptors (Lipinski definition) is 3. The van der Waals surface area contributed by atoms with Gasteiger partial charge in [0.15, 0.2) is 0 Å². The standard InChI is InChI=1S/C13H29NOS/c1-16-13-9-5-3-7-11-14-10-6-2-4-8-12-15/h14-15H,2-13H2,1H3. The lowest BCUT2D eigenvalue weighted by molar-refractivity contribution is 0.282. The van der Waals surface area contributed by atoms with Crippen molar-refractivity contribution in [3.05, 3.63) is 0 Å². The molecule has 2 N–H and O–H groups in total. The van der Waals surface area contributed by atoms with Crippen molar-refractivity contribution in [1.82, 2.24) is 5.32 Å². The van der Waals surface area contributed by atoms with E-state index in [-0.39, 0.29) is 0 Å². The molecule has 0 saturated heterocycles. The zero-order valence-electron chi connectivity index (χ0n) is 10.8. The van der Waals surface area contributed by atoms with Gasteiger partial charge in [-0.2, -0.15) is 11.8 Å². The van der Waals surface area contributed by atoms with E-state index >= 15 is 0 Å². The Morgan fingerprint density at radius 3 is 1.94 bits per heavy atom. The molecule has 0 aromatic heterocycles. The largest absolute Gasteiger partial charge is 0.396 e. The Balaban J connectivity index is 2.83. The molecular weight excluding hydrogens is 218 g/mol. The number of aliphatic hydroxyl groups excluding tert-OH is 1. The Morgan fingerprint density at radius 2 is 1.38 bits per heavy atom. The van der Waals surface area contributed by atoms with Crippen LogP contribution in [0.1, 0.15) is 51.4 Å². The van der Waals surface area contributed by atoms with Crippen molar-refractivity contribution in [1.29, 1.82) is 0 Å². The van der Waals surface area contributed by atoms with Gasteiger partial charge in [-0.25, -0.2) is 0 Å². The van der Waals surface area contributed by atoms with Crippen LogP contribution in [0.5, 0.6) is 0 Å². The highest BCUT2D eigenvalue weighted by Crippen LogP contribution is 2.04. The van der Waals surface area contributed by atoms with E-state index in [1.807, 2.05) is 11.8 Å². The molecular formula is C13H29NOS. The van der Waals surface area contributed by atoms with Crippen LogP contribution in [0, 0.1) is 0 Å². The third-order valence-electron chi connectivity index (χ3n) is 2.71. The molecule has 16 heavy (non-hydrogen) atoms. The van der Waals surface area contributed by atoms with Gasteiger partial charge in [-0.1, -0.05) is 25.7 Å². The molecule has 0 fully saturated rings. The lowest BCUT2D eigenvalue weighted by Gasteiger charge is -2.04. The molecule has 3 heteroatoms. The molecule has 2 nitrogen and oxygen atoms in total. The highest BCUT2D eigenvalue weighted by molar-refractivity contribution is 7.98. The second-order valence-electron chi connectivity index (χ2n) is 4.29. The fraction of sp³-hybridized carbons (Fsp3) is 1.00. The van der Waals surface area contributed by atoms with Crippen LogP contribution in [0.4, 0.5) is 0 Å². The maximum absolute atomic E-state index is 8.61. The molecule has 0 radical (unpaired) electrons. The summed E-state index contributed by atoms with van der Waals surface area (Å²) in [7, 11) is 0. The summed E-state index contributed by atoms with van der Waals surface area (Å²) in [5.41, 5.74) is 0. The van der Waals surface area contributed by atoms with Crippen molar-refractivity contribution >= 4 is 11.8 Å². The van der Waals surface area contributed by atoms with Gasteiger partial charge in [-0.3, -0.25) is 0 Å². The van der Waals surface area contributed by atoms with Crippen LogP contribution in [-0.2, 0) is 0 Å². The molecule has 0 atom stereocenters. The first-order chi connectivity index (χ1) is 7.91. The van der Waals surface area contributed by atoms with Crippen LogP contribution < -0.4 is 5.32 Å². The summed E-state index contributed by atoms with van der Waals surface area (Å²) in [6.07, 6.45) is 12.3. The molecule has 0 heterocycles. The summed E-state index contributed by atoms with van der Waals surface area (Å²) in [5.74, 6) is 1.32. The van der Waals surface area contributed by atoms with Gasteiger partial charge in [-0.15, -0.1) is 0 Å². The van der Waals surface area contributed by atoms with Crippen LogP contribution in [0.3, 0.4) is 0 Å². The third-order valence-corrected chi connectivity index (χ3v) is 3.41. The second kappa shape index (κ2) is 15.3. The van der Waals surface area contributed by atoms with Gasteiger partial charge in [0.2, 0.25) is 0 Å². The van der Waals surface area contributed by atoms with E-state index in [1.54, 1.807) is 0 Å². The molecule has 0 saturated carbocycles. The number of thioether (sulfide) groups is 1. The summed E-state index contributed by atoms with van der Waals surface area (Å²) >= 11 is 1.95. The fourth-order valence-electron chi connectivity index (χ4n) is 1.69. The van der Waals surface area contributed by atoms with Gasteiger partial charge in [0.1, 0.15) is 0 Å². The predicted octanol–water partition coefficient (Wildman–Crippen LogP) is 3.05. The summed E-state index contributed by atoms with van der Waals surface area (Å²) in [5, 5.41) is 12.1. The van der Waals surface area contributed by atoms with E-state index in [4.69, 9.17) is 5.11 Å². The second-order valence-corrected chi connectivity index (χ2v) is 5.28. The molecule has 0 aromatic carbocycles. The van der Waals surface area contributed by atoms with Crippen LogP contribution >= 0.6 is 11.8 Å². The van der Waals surface area contributed by atoms with Crippen molar-refractivity contribution in [2.75, 3.05) is 31.7 Å². The Labute approximate surface area is 106 Å². The normalized spacial score (nSPS) is 10.9. The molecule has 0 bridgehead atoms. The molecule has 0 spiro atoms. The molecule has 98 valence electrons. The van der Waals surface area contributed by atoms with Crippen molar-refractivity contribution in [3.8, 4) is 0 Å². The summed E-state index contributed by atoms with van der Waals surface area (Å²) in [6.45, 7) is 2.68. The topological polar surface area (TPSA) is 32.3 Å². The smallest absolute Gasteiger partial charge is 0.0431 e. The highest BCUT2D eigenvalue weighted by atomic mass is 32.2. The summed E-state index contributed by atoms with van der Waals surface area (Å²) in [6, 6.07) is 0. The zero-order valence-corrected chi connectivity index (χ0v) is 11.7. The van der Waals surface area contributed by atoms with Crippen LogP contribution in [-0.4, -0.2) is 36.8 Å². The Hall–Kier alpha value is 0.270. The van der Waals surface area contributed by atoms with Crippen LogP contribution in [0.25, 0.3) is 0 Å². The Bertz CT molecular complexity index is 109. The Kier molecular flexibility index (Phi) is 15.5. The monoisotopic (exact) mass is 247 g/mol. The number of rotatable bonds is 13. The van der Waals surface area contributed by atoms with Gasteiger partial charge < -0.3 is 10.4 Å². The maximum Gasteiger partial charge on any atom is 0.0431 e. The van der Waals surface area contributed by atoms with E-state index < -0.39 is 0 Å². The van der Waals surface area contributed by atoms with E-state index in [0.717, 1.165) is 13.0 Å². The van der Waals surface area contributed by atoms with E-state index in [2.05, 4.69) is 11.6 Å². The minimum Gasteiger partial charge on any atom is -0.396 e. The molecule has 0 aromatic rings. The van der Waals surface area contributed by atoms with E-state index in [1.165, 1.54) is 57.2 Å². The average molecular weight is 247 g/mol. The van der Waals surface area contributed by atoms with Crippen LogP contribution in [0.2, 0.25) is 0 Å². The van der Waals surface area contributed by atoms with E-state index in [0.29, 0.717) is 6.61 Å². The summed E-state index contributed by atoms with van der Waals surface area (Å²) in [4.78, 5) is 0. The van der Waals surface area contributed by atoms with Crippen molar-refractivity contribution in [3.63, 3.8) is 0 Å². The number of hydrogen-bond donors (Lipinski definition) is 2. The minimum atomic E-state index is 0.351. The van der Waals surface area contributed by atoms with Gasteiger partial charge in [-0.05, 0) is 50.8 Å².